The van der Waals surface area contributed by atoms with E-state index in [2.05, 4.69) is 15.6 Å². The Hall–Kier alpha value is -3.46. The lowest BCUT2D eigenvalue weighted by atomic mass is 9.95. The summed E-state index contributed by atoms with van der Waals surface area (Å²) in [6.07, 6.45) is 0.142. The highest BCUT2D eigenvalue weighted by molar-refractivity contribution is 6.00. The molecule has 200 valence electrons. The van der Waals surface area contributed by atoms with Gasteiger partial charge in [-0.3, -0.25) is 15.1 Å². The number of aliphatic hydroxyl groups excluding tert-OH is 2. The molecule has 0 spiro atoms. The molecule has 1 aliphatic rings. The van der Waals surface area contributed by atoms with Crippen LogP contribution in [0.3, 0.4) is 0 Å². The third kappa shape index (κ3) is 6.51. The number of aliphatic imine (C=N–C) groups is 1. The van der Waals surface area contributed by atoms with E-state index in [1.807, 2.05) is 49.4 Å². The van der Waals surface area contributed by atoms with Crippen LogP contribution in [-0.4, -0.2) is 41.7 Å². The van der Waals surface area contributed by atoms with Crippen LogP contribution < -0.4 is 10.6 Å². The summed E-state index contributed by atoms with van der Waals surface area (Å²) in [4.78, 5) is 16.6. The third-order valence-corrected chi connectivity index (χ3v) is 6.82. The van der Waals surface area contributed by atoms with Gasteiger partial charge in [0, 0.05) is 36.5 Å². The molecule has 0 radical (unpaired) electrons. The molecule has 0 heterocycles. The largest absolute Gasteiger partial charge is 0.384 e. The molecule has 0 saturated carbocycles. The molecule has 1 aliphatic carbocycles. The molecule has 8 heteroatoms. The number of carbonyl (C=O) groups excluding carboxylic acids is 1. The molecule has 0 fully saturated rings. The van der Waals surface area contributed by atoms with E-state index in [0.29, 0.717) is 37.2 Å². The fraction of sp³-hybridized carbons (Fsp3) is 0.333. The van der Waals surface area contributed by atoms with Gasteiger partial charge in [-0.05, 0) is 78.2 Å². The van der Waals surface area contributed by atoms with Crippen molar-refractivity contribution in [1.82, 2.24) is 5.32 Å². The molecule has 3 atom stereocenters. The zero-order valence-corrected chi connectivity index (χ0v) is 21.5. The van der Waals surface area contributed by atoms with Crippen LogP contribution in [0.2, 0.25) is 0 Å². The Morgan fingerprint density at radius 2 is 1.82 bits per heavy atom. The number of benzene rings is 3. The van der Waals surface area contributed by atoms with Crippen LogP contribution in [0, 0.1) is 17.6 Å². The van der Waals surface area contributed by atoms with Crippen molar-refractivity contribution in [3.8, 4) is 11.1 Å². The second-order valence-electron chi connectivity index (χ2n) is 9.75. The van der Waals surface area contributed by atoms with Crippen molar-refractivity contribution >= 4 is 17.3 Å². The summed E-state index contributed by atoms with van der Waals surface area (Å²) in [5.41, 5.74) is 5.03. The van der Waals surface area contributed by atoms with Gasteiger partial charge in [0.25, 0.3) is 0 Å². The number of carbonyl (C=O) groups is 1. The van der Waals surface area contributed by atoms with E-state index in [4.69, 9.17) is 0 Å². The minimum atomic E-state index is -0.788. The maximum Gasteiger partial charge on any atom is 0.224 e. The van der Waals surface area contributed by atoms with Gasteiger partial charge in [0.05, 0.1) is 0 Å². The fourth-order valence-corrected chi connectivity index (χ4v) is 4.92. The average molecular weight is 522 g/mol. The van der Waals surface area contributed by atoms with E-state index in [9.17, 15) is 23.8 Å². The van der Waals surface area contributed by atoms with Gasteiger partial charge in [-0.1, -0.05) is 37.3 Å². The SMILES string of the molecule is CN=C(CC(C)CC(O)NCCCC(=O)Nc1ccc2c(c1)C(O)c1ccccc1-2)c1ccc(F)cc1F. The van der Waals surface area contributed by atoms with Gasteiger partial charge in [-0.25, -0.2) is 8.78 Å². The number of rotatable bonds is 11. The summed E-state index contributed by atoms with van der Waals surface area (Å²) in [5.74, 6) is -1.45. The lowest BCUT2D eigenvalue weighted by Gasteiger charge is -2.19. The summed E-state index contributed by atoms with van der Waals surface area (Å²) < 4.78 is 27.3. The van der Waals surface area contributed by atoms with E-state index in [1.54, 1.807) is 7.05 Å². The first kappa shape index (κ1) is 27.6. The highest BCUT2D eigenvalue weighted by atomic mass is 19.1. The van der Waals surface area contributed by atoms with Crippen LogP contribution in [0.25, 0.3) is 11.1 Å². The van der Waals surface area contributed by atoms with Crippen LogP contribution in [0.4, 0.5) is 14.5 Å². The molecular weight excluding hydrogens is 488 g/mol. The highest BCUT2D eigenvalue weighted by Crippen LogP contribution is 2.44. The Kier molecular flexibility index (Phi) is 8.99. The quantitative estimate of drug-likeness (QED) is 0.159. The highest BCUT2D eigenvalue weighted by Gasteiger charge is 2.26. The molecule has 3 aromatic rings. The molecule has 3 aromatic carbocycles. The van der Waals surface area contributed by atoms with Gasteiger partial charge < -0.3 is 15.5 Å². The maximum atomic E-state index is 14.1. The van der Waals surface area contributed by atoms with Gasteiger partial charge in [-0.2, -0.15) is 0 Å². The molecule has 4 N–H and O–H groups in total. The van der Waals surface area contributed by atoms with E-state index in [-0.39, 0.29) is 23.8 Å². The Balaban J connectivity index is 1.19. The van der Waals surface area contributed by atoms with Crippen LogP contribution in [0.1, 0.15) is 55.4 Å². The second-order valence-corrected chi connectivity index (χ2v) is 9.75. The standard InChI is InChI=1S/C30H33F2N3O3/c1-18(14-27(33-2)24-11-9-19(31)16-26(24)32)15-29(37)34-13-5-8-28(36)35-20-10-12-22-21-6-3-4-7-23(21)30(38)25(22)17-20/h3-4,6-7,9-12,16-18,29-30,34,37-38H,5,8,13-15H2,1-2H3,(H,35,36). The molecule has 6 nitrogen and oxygen atoms in total. The van der Waals surface area contributed by atoms with Crippen molar-refractivity contribution < 1.29 is 23.8 Å². The van der Waals surface area contributed by atoms with E-state index in [0.717, 1.165) is 28.3 Å². The molecule has 1 amide bonds. The first-order chi connectivity index (χ1) is 18.3. The molecular formula is C30H33F2N3O3. The Bertz CT molecular complexity index is 1330. The number of nitrogens with zero attached hydrogens (tertiary/aromatic N) is 1. The minimum absolute atomic E-state index is 0.00903. The van der Waals surface area contributed by atoms with Crippen LogP contribution in [0.5, 0.6) is 0 Å². The molecule has 0 saturated heterocycles. The van der Waals surface area contributed by atoms with E-state index in [1.165, 1.54) is 12.1 Å². The van der Waals surface area contributed by atoms with E-state index < -0.39 is 24.0 Å². The Labute approximate surface area is 221 Å². The fourth-order valence-electron chi connectivity index (χ4n) is 4.92. The molecule has 0 aromatic heterocycles. The lowest BCUT2D eigenvalue weighted by Crippen LogP contribution is -2.32. The number of anilines is 1. The monoisotopic (exact) mass is 521 g/mol. The summed E-state index contributed by atoms with van der Waals surface area (Å²) in [5, 5.41) is 26.9. The first-order valence-corrected chi connectivity index (χ1v) is 12.8. The number of halogens is 2. The van der Waals surface area contributed by atoms with Crippen LogP contribution in [0.15, 0.2) is 65.7 Å². The van der Waals surface area contributed by atoms with Crippen molar-refractivity contribution in [2.75, 3.05) is 18.9 Å². The van der Waals surface area contributed by atoms with Crippen molar-refractivity contribution in [3.63, 3.8) is 0 Å². The van der Waals surface area contributed by atoms with Gasteiger partial charge in [0.15, 0.2) is 0 Å². The minimum Gasteiger partial charge on any atom is -0.384 e. The zero-order chi connectivity index (χ0) is 27.2. The zero-order valence-electron chi connectivity index (χ0n) is 21.5. The molecule has 3 unspecified atom stereocenters. The number of fused-ring (bicyclic) bond motifs is 3. The van der Waals surface area contributed by atoms with Gasteiger partial charge in [0.1, 0.15) is 24.0 Å². The average Bonchev–Trinajstić information content (AvgIpc) is 3.17. The summed E-state index contributed by atoms with van der Waals surface area (Å²) in [6.45, 7) is 2.37. The van der Waals surface area contributed by atoms with Crippen molar-refractivity contribution in [2.45, 2.75) is 44.9 Å². The summed E-state index contributed by atoms with van der Waals surface area (Å²) >= 11 is 0. The normalized spacial score (nSPS) is 16.1. The summed E-state index contributed by atoms with van der Waals surface area (Å²) in [7, 11) is 1.56. The predicted octanol–water partition coefficient (Wildman–Crippen LogP) is 5.19. The number of hydrogen-bond acceptors (Lipinski definition) is 5. The molecule has 38 heavy (non-hydrogen) atoms. The number of hydrogen-bond donors (Lipinski definition) is 4. The Morgan fingerprint density at radius 1 is 1.05 bits per heavy atom. The number of amides is 1. The Morgan fingerprint density at radius 3 is 2.58 bits per heavy atom. The number of aliphatic hydroxyl groups is 2. The van der Waals surface area contributed by atoms with Gasteiger partial charge >= 0.3 is 0 Å². The molecule has 0 aliphatic heterocycles. The topological polar surface area (TPSA) is 94.0 Å². The van der Waals surface area contributed by atoms with Crippen molar-refractivity contribution in [2.24, 2.45) is 10.9 Å². The second kappa shape index (κ2) is 12.4. The van der Waals surface area contributed by atoms with Gasteiger partial charge in [-0.15, -0.1) is 0 Å². The molecule has 4 rings (SSSR count). The van der Waals surface area contributed by atoms with Crippen LogP contribution >= 0.6 is 0 Å². The van der Waals surface area contributed by atoms with Crippen LogP contribution in [-0.2, 0) is 4.79 Å². The third-order valence-electron chi connectivity index (χ3n) is 6.82. The van der Waals surface area contributed by atoms with E-state index >= 15 is 0 Å². The van der Waals surface area contributed by atoms with Crippen molar-refractivity contribution in [3.05, 3.63) is 89.0 Å². The number of nitrogens with one attached hydrogen (secondary N) is 2. The maximum absolute atomic E-state index is 14.1. The van der Waals surface area contributed by atoms with Gasteiger partial charge in [0.2, 0.25) is 5.91 Å². The predicted molar refractivity (Wildman–Crippen MR) is 145 cm³/mol. The smallest absolute Gasteiger partial charge is 0.224 e. The summed E-state index contributed by atoms with van der Waals surface area (Å²) in [6, 6.07) is 16.7. The molecule has 0 bridgehead atoms. The lowest BCUT2D eigenvalue weighted by molar-refractivity contribution is -0.116. The van der Waals surface area contributed by atoms with Crippen molar-refractivity contribution in [1.29, 1.82) is 0 Å². The first-order valence-electron chi connectivity index (χ1n) is 12.8.